The molecule has 2 heteroatoms. The van der Waals surface area contributed by atoms with Crippen LogP contribution in [0.15, 0.2) is 24.3 Å². The van der Waals surface area contributed by atoms with Gasteiger partial charge < -0.3 is 5.73 Å². The predicted molar refractivity (Wildman–Crippen MR) is 48.3 cm³/mol. The molecule has 12 heavy (non-hydrogen) atoms. The van der Waals surface area contributed by atoms with Crippen molar-refractivity contribution in [2.24, 2.45) is 5.73 Å². The number of hydrogen-bond acceptors (Lipinski definition) is 2. The van der Waals surface area contributed by atoms with E-state index in [1.165, 1.54) is 0 Å². The SMILES string of the molecule is Cc1ccccc1[C@](C)(N)C#N. The number of aryl methyl sites for hydroxylation is 1. The summed E-state index contributed by atoms with van der Waals surface area (Å²) >= 11 is 0. The molecule has 1 rings (SSSR count). The number of nitrogens with two attached hydrogens (primary N) is 1. The summed E-state index contributed by atoms with van der Waals surface area (Å²) in [5.74, 6) is 0. The minimum Gasteiger partial charge on any atom is -0.310 e. The molecule has 0 heterocycles. The van der Waals surface area contributed by atoms with E-state index in [0.29, 0.717) is 0 Å². The summed E-state index contributed by atoms with van der Waals surface area (Å²) in [7, 11) is 0. The Bertz CT molecular complexity index is 321. The highest BCUT2D eigenvalue weighted by atomic mass is 14.7. The first-order chi connectivity index (χ1) is 5.58. The Morgan fingerprint density at radius 3 is 2.50 bits per heavy atom. The highest BCUT2D eigenvalue weighted by Crippen LogP contribution is 2.19. The largest absolute Gasteiger partial charge is 0.310 e. The minimum atomic E-state index is -0.870. The van der Waals surface area contributed by atoms with Gasteiger partial charge in [0.25, 0.3) is 0 Å². The molecule has 1 aromatic rings. The van der Waals surface area contributed by atoms with Crippen molar-refractivity contribution in [3.63, 3.8) is 0 Å². The number of rotatable bonds is 1. The Morgan fingerprint density at radius 1 is 1.42 bits per heavy atom. The molecule has 0 aliphatic rings. The summed E-state index contributed by atoms with van der Waals surface area (Å²) in [4.78, 5) is 0. The molecular weight excluding hydrogens is 148 g/mol. The average Bonchev–Trinajstić information content (AvgIpc) is 2.05. The topological polar surface area (TPSA) is 49.8 Å². The third-order valence-corrected chi connectivity index (χ3v) is 1.94. The van der Waals surface area contributed by atoms with Crippen LogP contribution in [0.1, 0.15) is 18.1 Å². The molecule has 0 bridgehead atoms. The fraction of sp³-hybridized carbons (Fsp3) is 0.300. The summed E-state index contributed by atoms with van der Waals surface area (Å²) in [5, 5.41) is 8.80. The first-order valence-electron chi connectivity index (χ1n) is 3.84. The molecule has 0 saturated heterocycles. The molecule has 0 fully saturated rings. The molecule has 0 spiro atoms. The monoisotopic (exact) mass is 160 g/mol. The second-order valence-electron chi connectivity index (χ2n) is 3.13. The maximum atomic E-state index is 8.80. The van der Waals surface area contributed by atoms with Crippen LogP contribution in [0.5, 0.6) is 0 Å². The van der Waals surface area contributed by atoms with Crippen LogP contribution >= 0.6 is 0 Å². The Hall–Kier alpha value is -1.33. The summed E-state index contributed by atoms with van der Waals surface area (Å²) in [6, 6.07) is 9.75. The molecule has 0 aliphatic carbocycles. The van der Waals surface area contributed by atoms with Crippen molar-refractivity contribution >= 4 is 0 Å². The summed E-state index contributed by atoms with van der Waals surface area (Å²) in [6.45, 7) is 3.67. The van der Waals surface area contributed by atoms with Gasteiger partial charge in [-0.2, -0.15) is 5.26 Å². The molecule has 2 nitrogen and oxygen atoms in total. The Morgan fingerprint density at radius 2 is 2.00 bits per heavy atom. The van der Waals surface area contributed by atoms with Crippen LogP contribution in [0.25, 0.3) is 0 Å². The van der Waals surface area contributed by atoms with Crippen molar-refractivity contribution in [1.82, 2.24) is 0 Å². The van der Waals surface area contributed by atoms with E-state index >= 15 is 0 Å². The molecule has 1 atom stereocenters. The Balaban J connectivity index is 3.22. The first-order valence-corrected chi connectivity index (χ1v) is 3.84. The van der Waals surface area contributed by atoms with E-state index in [0.717, 1.165) is 11.1 Å². The average molecular weight is 160 g/mol. The molecule has 62 valence electrons. The lowest BCUT2D eigenvalue weighted by atomic mass is 9.91. The van der Waals surface area contributed by atoms with Crippen LogP contribution in [0, 0.1) is 18.3 Å². The van der Waals surface area contributed by atoms with Gasteiger partial charge in [-0.1, -0.05) is 24.3 Å². The summed E-state index contributed by atoms with van der Waals surface area (Å²) in [5.41, 5.74) is 6.86. The van der Waals surface area contributed by atoms with E-state index < -0.39 is 5.54 Å². The van der Waals surface area contributed by atoms with Crippen LogP contribution in [0.3, 0.4) is 0 Å². The zero-order valence-corrected chi connectivity index (χ0v) is 7.33. The molecular formula is C10H12N2. The van der Waals surface area contributed by atoms with Gasteiger partial charge in [0.15, 0.2) is 0 Å². The molecule has 2 N–H and O–H groups in total. The molecule has 0 radical (unpaired) electrons. The summed E-state index contributed by atoms with van der Waals surface area (Å²) in [6.07, 6.45) is 0. The van der Waals surface area contributed by atoms with E-state index in [1.54, 1.807) is 6.92 Å². The Labute approximate surface area is 72.6 Å². The first kappa shape index (κ1) is 8.76. The number of nitriles is 1. The number of hydrogen-bond donors (Lipinski definition) is 1. The van der Waals surface area contributed by atoms with Gasteiger partial charge in [0, 0.05) is 0 Å². The fourth-order valence-corrected chi connectivity index (χ4v) is 1.22. The van der Waals surface area contributed by atoms with Crippen molar-refractivity contribution in [3.8, 4) is 6.07 Å². The summed E-state index contributed by atoms with van der Waals surface area (Å²) < 4.78 is 0. The lowest BCUT2D eigenvalue weighted by molar-refractivity contribution is 0.642. The van der Waals surface area contributed by atoms with E-state index in [2.05, 4.69) is 6.07 Å². The highest BCUT2D eigenvalue weighted by molar-refractivity contribution is 5.36. The van der Waals surface area contributed by atoms with Gasteiger partial charge in [-0.25, -0.2) is 0 Å². The second kappa shape index (κ2) is 2.96. The van der Waals surface area contributed by atoms with Gasteiger partial charge in [0.2, 0.25) is 0 Å². The fourth-order valence-electron chi connectivity index (χ4n) is 1.22. The quantitative estimate of drug-likeness (QED) is 0.679. The van der Waals surface area contributed by atoms with Gasteiger partial charge in [0.1, 0.15) is 5.54 Å². The van der Waals surface area contributed by atoms with E-state index in [9.17, 15) is 0 Å². The van der Waals surface area contributed by atoms with Crippen molar-refractivity contribution in [2.75, 3.05) is 0 Å². The van der Waals surface area contributed by atoms with E-state index in [-0.39, 0.29) is 0 Å². The molecule has 0 aliphatic heterocycles. The van der Waals surface area contributed by atoms with Gasteiger partial charge in [-0.3, -0.25) is 0 Å². The highest BCUT2D eigenvalue weighted by Gasteiger charge is 2.21. The number of nitrogens with zero attached hydrogens (tertiary/aromatic N) is 1. The van der Waals surface area contributed by atoms with Crippen LogP contribution in [0.2, 0.25) is 0 Å². The molecule has 0 amide bonds. The lowest BCUT2D eigenvalue weighted by Crippen LogP contribution is -2.31. The van der Waals surface area contributed by atoms with Crippen LogP contribution in [-0.2, 0) is 5.54 Å². The van der Waals surface area contributed by atoms with Gasteiger partial charge >= 0.3 is 0 Å². The maximum absolute atomic E-state index is 8.80. The molecule has 1 aromatic carbocycles. The van der Waals surface area contributed by atoms with Gasteiger partial charge in [-0.15, -0.1) is 0 Å². The van der Waals surface area contributed by atoms with Crippen molar-refractivity contribution < 1.29 is 0 Å². The van der Waals surface area contributed by atoms with Crippen molar-refractivity contribution in [2.45, 2.75) is 19.4 Å². The van der Waals surface area contributed by atoms with Gasteiger partial charge in [0.05, 0.1) is 6.07 Å². The lowest BCUT2D eigenvalue weighted by Gasteiger charge is -2.17. The third-order valence-electron chi connectivity index (χ3n) is 1.94. The number of benzene rings is 1. The zero-order chi connectivity index (χ0) is 9.19. The minimum absolute atomic E-state index is 0.870. The van der Waals surface area contributed by atoms with Crippen molar-refractivity contribution in [1.29, 1.82) is 5.26 Å². The maximum Gasteiger partial charge on any atom is 0.127 e. The van der Waals surface area contributed by atoms with Crippen molar-refractivity contribution in [3.05, 3.63) is 35.4 Å². The smallest absolute Gasteiger partial charge is 0.127 e. The zero-order valence-electron chi connectivity index (χ0n) is 7.33. The molecule has 0 saturated carbocycles. The molecule has 0 aromatic heterocycles. The van der Waals surface area contributed by atoms with Crippen LogP contribution in [0.4, 0.5) is 0 Å². The predicted octanol–water partition coefficient (Wildman–Crippen LogP) is 1.69. The Kier molecular flexibility index (Phi) is 2.16. The molecule has 0 unspecified atom stereocenters. The third kappa shape index (κ3) is 1.46. The standard InChI is InChI=1S/C10H12N2/c1-8-5-3-4-6-9(8)10(2,12)7-11/h3-6H,12H2,1-2H3/t10-/m1/s1. The van der Waals surface area contributed by atoms with Gasteiger partial charge in [-0.05, 0) is 25.0 Å². The van der Waals surface area contributed by atoms with E-state index in [4.69, 9.17) is 11.0 Å². The second-order valence-corrected chi connectivity index (χ2v) is 3.13. The van der Waals surface area contributed by atoms with Crippen LogP contribution in [-0.4, -0.2) is 0 Å². The van der Waals surface area contributed by atoms with E-state index in [1.807, 2.05) is 31.2 Å². The van der Waals surface area contributed by atoms with Crippen LogP contribution < -0.4 is 5.73 Å². The normalized spacial score (nSPS) is 14.8.